The summed E-state index contributed by atoms with van der Waals surface area (Å²) in [5.74, 6) is -0.824. The zero-order valence-electron chi connectivity index (χ0n) is 10.1. The highest BCUT2D eigenvalue weighted by molar-refractivity contribution is 9.10. The van der Waals surface area contributed by atoms with Crippen molar-refractivity contribution in [1.82, 2.24) is 0 Å². The number of hydrogen-bond acceptors (Lipinski definition) is 4. The molecule has 0 saturated carbocycles. The average molecular weight is 329 g/mol. The van der Waals surface area contributed by atoms with E-state index in [1.54, 1.807) is 6.07 Å². The first-order valence-corrected chi connectivity index (χ1v) is 6.70. The van der Waals surface area contributed by atoms with E-state index >= 15 is 0 Å². The van der Waals surface area contributed by atoms with E-state index in [2.05, 4.69) is 15.9 Å². The van der Waals surface area contributed by atoms with Crippen molar-refractivity contribution in [3.63, 3.8) is 0 Å². The van der Waals surface area contributed by atoms with Crippen LogP contribution in [0.4, 0.5) is 11.4 Å². The van der Waals surface area contributed by atoms with Gasteiger partial charge in [0.15, 0.2) is 0 Å². The Morgan fingerprint density at radius 2 is 2.32 bits per heavy atom. The van der Waals surface area contributed by atoms with Crippen molar-refractivity contribution in [3.05, 3.63) is 32.8 Å². The van der Waals surface area contributed by atoms with E-state index in [1.807, 2.05) is 4.90 Å². The molecule has 6 nitrogen and oxygen atoms in total. The smallest absolute Gasteiger partial charge is 0.305 e. The summed E-state index contributed by atoms with van der Waals surface area (Å²) in [5, 5.41) is 19.6. The van der Waals surface area contributed by atoms with Gasteiger partial charge in [0.1, 0.15) is 0 Å². The molecule has 7 heteroatoms. The Bertz CT molecular complexity index is 520. The summed E-state index contributed by atoms with van der Waals surface area (Å²) >= 11 is 3.33. The second kappa shape index (κ2) is 5.56. The van der Waals surface area contributed by atoms with Crippen molar-refractivity contribution >= 4 is 33.3 Å². The van der Waals surface area contributed by atoms with E-state index in [4.69, 9.17) is 5.11 Å². The summed E-state index contributed by atoms with van der Waals surface area (Å²) in [7, 11) is 0. The topological polar surface area (TPSA) is 83.7 Å². The number of hydrogen-bond donors (Lipinski definition) is 1. The van der Waals surface area contributed by atoms with Gasteiger partial charge in [-0.3, -0.25) is 14.9 Å². The number of carbonyl (C=O) groups is 1. The van der Waals surface area contributed by atoms with Crippen LogP contribution in [0, 0.1) is 10.1 Å². The van der Waals surface area contributed by atoms with E-state index in [9.17, 15) is 14.9 Å². The van der Waals surface area contributed by atoms with Gasteiger partial charge in [0, 0.05) is 29.2 Å². The molecule has 1 aliphatic heterocycles. The van der Waals surface area contributed by atoms with Gasteiger partial charge in [-0.15, -0.1) is 0 Å². The highest BCUT2D eigenvalue weighted by atomic mass is 79.9. The molecule has 19 heavy (non-hydrogen) atoms. The second-order valence-electron chi connectivity index (χ2n) is 4.48. The highest BCUT2D eigenvalue weighted by Gasteiger charge is 2.28. The van der Waals surface area contributed by atoms with Crippen LogP contribution < -0.4 is 4.90 Å². The van der Waals surface area contributed by atoms with Gasteiger partial charge in [-0.2, -0.15) is 0 Å². The van der Waals surface area contributed by atoms with Gasteiger partial charge in [0.2, 0.25) is 0 Å². The monoisotopic (exact) mass is 328 g/mol. The lowest BCUT2D eigenvalue weighted by Gasteiger charge is -2.26. The number of halogens is 1. The molecule has 1 aromatic rings. The molecule has 1 aromatic carbocycles. The third kappa shape index (κ3) is 3.04. The lowest BCUT2D eigenvalue weighted by Crippen LogP contribution is -2.31. The Balaban J connectivity index is 2.25. The fraction of sp³-hybridized carbons (Fsp3) is 0.417. The van der Waals surface area contributed by atoms with Crippen LogP contribution in [0.2, 0.25) is 0 Å². The van der Waals surface area contributed by atoms with E-state index in [0.29, 0.717) is 4.47 Å². The molecule has 0 spiro atoms. The highest BCUT2D eigenvalue weighted by Crippen LogP contribution is 2.35. The van der Waals surface area contributed by atoms with Crippen LogP contribution in [0.5, 0.6) is 0 Å². The molecular formula is C12H13BrN2O4. The van der Waals surface area contributed by atoms with Gasteiger partial charge in [0.25, 0.3) is 5.69 Å². The fourth-order valence-electron chi connectivity index (χ4n) is 2.41. The van der Waals surface area contributed by atoms with E-state index < -0.39 is 10.9 Å². The van der Waals surface area contributed by atoms with Gasteiger partial charge in [-0.05, 0) is 34.8 Å². The maximum absolute atomic E-state index is 10.8. The predicted octanol–water partition coefficient (Wildman–Crippen LogP) is 2.80. The van der Waals surface area contributed by atoms with Crippen LogP contribution >= 0.6 is 15.9 Å². The normalized spacial score (nSPS) is 18.6. The first kappa shape index (κ1) is 13.8. The van der Waals surface area contributed by atoms with Crippen molar-refractivity contribution < 1.29 is 14.8 Å². The second-order valence-corrected chi connectivity index (χ2v) is 5.33. The lowest BCUT2D eigenvalue weighted by molar-refractivity contribution is -0.384. The third-order valence-corrected chi connectivity index (χ3v) is 3.87. The van der Waals surface area contributed by atoms with E-state index in [-0.39, 0.29) is 18.2 Å². The first-order chi connectivity index (χ1) is 8.99. The number of nitrogens with zero attached hydrogens (tertiary/aromatic N) is 2. The molecule has 1 saturated heterocycles. The summed E-state index contributed by atoms with van der Waals surface area (Å²) in [5.41, 5.74) is 0.832. The number of benzene rings is 1. The van der Waals surface area contributed by atoms with Crippen molar-refractivity contribution in [1.29, 1.82) is 0 Å². The standard InChI is InChI=1S/C12H13BrN2O4/c13-10-6-9(15(18)19)3-4-11(10)14-5-1-2-8(14)7-12(16)17/h3-4,6,8H,1-2,5,7H2,(H,16,17). The summed E-state index contributed by atoms with van der Waals surface area (Å²) in [6, 6.07) is 4.51. The minimum atomic E-state index is -0.824. The minimum Gasteiger partial charge on any atom is -0.481 e. The zero-order valence-corrected chi connectivity index (χ0v) is 11.7. The molecule has 1 atom stereocenters. The molecule has 1 heterocycles. The van der Waals surface area contributed by atoms with Gasteiger partial charge in [-0.25, -0.2) is 0 Å². The van der Waals surface area contributed by atoms with Gasteiger partial charge < -0.3 is 10.0 Å². The Kier molecular flexibility index (Phi) is 4.04. The minimum absolute atomic E-state index is 0.0182. The van der Waals surface area contributed by atoms with Crippen LogP contribution in [0.3, 0.4) is 0 Å². The Morgan fingerprint density at radius 1 is 1.58 bits per heavy atom. The molecule has 0 radical (unpaired) electrons. The summed E-state index contributed by atoms with van der Waals surface area (Å²) in [6.45, 7) is 0.772. The SMILES string of the molecule is O=C(O)CC1CCCN1c1ccc([N+](=O)[O-])cc1Br. The molecule has 1 N–H and O–H groups in total. The maximum Gasteiger partial charge on any atom is 0.305 e. The number of anilines is 1. The number of nitro groups is 1. The molecule has 0 aliphatic carbocycles. The average Bonchev–Trinajstić information content (AvgIpc) is 2.75. The molecular weight excluding hydrogens is 316 g/mol. The number of aliphatic carboxylic acids is 1. The summed E-state index contributed by atoms with van der Waals surface area (Å²) in [6.07, 6.45) is 1.85. The Hall–Kier alpha value is -1.63. The van der Waals surface area contributed by atoms with Gasteiger partial charge >= 0.3 is 5.97 Å². The molecule has 102 valence electrons. The molecule has 1 aliphatic rings. The number of rotatable bonds is 4. The van der Waals surface area contributed by atoms with Crippen LogP contribution in [0.15, 0.2) is 22.7 Å². The van der Waals surface area contributed by atoms with Gasteiger partial charge in [0.05, 0.1) is 17.0 Å². The van der Waals surface area contributed by atoms with Crippen molar-refractivity contribution in [3.8, 4) is 0 Å². The van der Waals surface area contributed by atoms with E-state index in [0.717, 1.165) is 25.1 Å². The zero-order chi connectivity index (χ0) is 14.0. The molecule has 2 rings (SSSR count). The van der Waals surface area contributed by atoms with Crippen LogP contribution in [0.25, 0.3) is 0 Å². The van der Waals surface area contributed by atoms with Crippen LogP contribution in [-0.4, -0.2) is 28.6 Å². The van der Waals surface area contributed by atoms with Gasteiger partial charge in [-0.1, -0.05) is 0 Å². The number of carboxylic acids is 1. The molecule has 0 aromatic heterocycles. The quantitative estimate of drug-likeness (QED) is 0.678. The molecule has 0 amide bonds. The van der Waals surface area contributed by atoms with Crippen LogP contribution in [0.1, 0.15) is 19.3 Å². The molecule has 0 bridgehead atoms. The number of nitro benzene ring substituents is 1. The van der Waals surface area contributed by atoms with Crippen molar-refractivity contribution in [2.45, 2.75) is 25.3 Å². The summed E-state index contributed by atoms with van der Waals surface area (Å²) in [4.78, 5) is 23.1. The largest absolute Gasteiger partial charge is 0.481 e. The first-order valence-electron chi connectivity index (χ1n) is 5.91. The Morgan fingerprint density at radius 3 is 2.89 bits per heavy atom. The lowest BCUT2D eigenvalue weighted by atomic mass is 10.1. The van der Waals surface area contributed by atoms with Crippen molar-refractivity contribution in [2.75, 3.05) is 11.4 Å². The Labute approximate surface area is 118 Å². The van der Waals surface area contributed by atoms with Crippen molar-refractivity contribution in [2.24, 2.45) is 0 Å². The summed E-state index contributed by atoms with van der Waals surface area (Å²) < 4.78 is 0.624. The number of non-ortho nitro benzene ring substituents is 1. The predicted molar refractivity (Wildman–Crippen MR) is 73.4 cm³/mol. The van der Waals surface area contributed by atoms with Crippen LogP contribution in [-0.2, 0) is 4.79 Å². The molecule has 1 unspecified atom stereocenters. The van der Waals surface area contributed by atoms with E-state index in [1.165, 1.54) is 12.1 Å². The third-order valence-electron chi connectivity index (χ3n) is 3.24. The molecule has 1 fully saturated rings. The number of carboxylic acid groups (broad SMARTS) is 1. The maximum atomic E-state index is 10.8. The fourth-order valence-corrected chi connectivity index (χ4v) is 3.00.